The molecule has 0 atom stereocenters. The number of carboxylic acid groups (broad SMARTS) is 1. The topological polar surface area (TPSA) is 105 Å². The lowest BCUT2D eigenvalue weighted by atomic mass is 9.86. The first-order valence-electron chi connectivity index (χ1n) is 7.35. The van der Waals surface area contributed by atoms with Crippen LogP contribution in [0.1, 0.15) is 26.7 Å². The van der Waals surface area contributed by atoms with Crippen molar-refractivity contribution in [1.29, 1.82) is 0 Å². The number of hydrogen-bond donors (Lipinski definition) is 2. The monoisotopic (exact) mass is 330 g/mol. The molecule has 0 aromatic carbocycles. The van der Waals surface area contributed by atoms with E-state index in [2.05, 4.69) is 9.71 Å². The zero-order valence-electron chi connectivity index (χ0n) is 12.8. The first kappa shape index (κ1) is 16.9. The maximum Gasteiger partial charge on any atom is 0.317 e. The number of carboxylic acids is 1. The highest BCUT2D eigenvalue weighted by molar-refractivity contribution is 7.89. The lowest BCUT2D eigenvalue weighted by molar-refractivity contribution is -0.139. The normalized spacial score (nSPS) is 21.8. The molecule has 2 rings (SSSR count). The van der Waals surface area contributed by atoms with E-state index in [-0.39, 0.29) is 23.7 Å². The van der Waals surface area contributed by atoms with Gasteiger partial charge in [-0.15, -0.1) is 0 Å². The number of likely N-dealkylation sites (N-methyl/N-ethyl adjacent to an activating group) is 1. The number of aromatic nitrogens is 2. The van der Waals surface area contributed by atoms with Gasteiger partial charge in [-0.2, -0.15) is 0 Å². The highest BCUT2D eigenvalue weighted by Gasteiger charge is 2.36. The number of aryl methyl sites for hydroxylation is 1. The van der Waals surface area contributed by atoms with Crippen LogP contribution in [0, 0.1) is 0 Å². The summed E-state index contributed by atoms with van der Waals surface area (Å²) in [5, 5.41) is 9.02. The summed E-state index contributed by atoms with van der Waals surface area (Å²) >= 11 is 0. The van der Waals surface area contributed by atoms with Gasteiger partial charge in [0.05, 0.1) is 19.1 Å². The number of carbonyl (C=O) groups is 1. The Morgan fingerprint density at radius 1 is 1.50 bits per heavy atom. The fraction of sp³-hybridized carbons (Fsp3) is 0.692. The van der Waals surface area contributed by atoms with Crippen LogP contribution >= 0.6 is 0 Å². The van der Waals surface area contributed by atoms with E-state index in [1.807, 2.05) is 18.7 Å². The third kappa shape index (κ3) is 3.65. The molecule has 1 aliphatic rings. The maximum absolute atomic E-state index is 12.3. The van der Waals surface area contributed by atoms with Crippen LogP contribution in [0.15, 0.2) is 17.6 Å². The van der Waals surface area contributed by atoms with E-state index in [1.165, 1.54) is 12.5 Å². The van der Waals surface area contributed by atoms with Gasteiger partial charge in [-0.25, -0.2) is 18.1 Å². The van der Waals surface area contributed by atoms with Crippen LogP contribution in [0.4, 0.5) is 0 Å². The molecule has 1 heterocycles. The standard InChI is InChI=1S/C13H22N4O4S/c1-3-16(8-13(18)19)11-5-10(6-11)15-22(20,21)12-7-14-9-17(12)4-2/h7,9-11,15H,3-6,8H2,1-2H3,(H,18,19). The van der Waals surface area contributed by atoms with Crippen molar-refractivity contribution in [2.24, 2.45) is 0 Å². The molecule has 1 aliphatic carbocycles. The zero-order valence-corrected chi connectivity index (χ0v) is 13.6. The predicted octanol–water partition coefficient (Wildman–Crippen LogP) is 0.119. The van der Waals surface area contributed by atoms with E-state index in [0.717, 1.165) is 0 Å². The summed E-state index contributed by atoms with van der Waals surface area (Å²) in [7, 11) is -3.58. The number of sulfonamides is 1. The Bertz CT molecular complexity index is 622. The Hall–Kier alpha value is -1.45. The molecule has 0 radical (unpaired) electrons. The fourth-order valence-corrected chi connectivity index (χ4v) is 4.14. The highest BCUT2D eigenvalue weighted by atomic mass is 32.2. The molecule has 8 nitrogen and oxygen atoms in total. The van der Waals surface area contributed by atoms with E-state index in [9.17, 15) is 13.2 Å². The Kier molecular flexibility index (Phi) is 5.20. The highest BCUT2D eigenvalue weighted by Crippen LogP contribution is 2.27. The van der Waals surface area contributed by atoms with Crippen molar-refractivity contribution in [3.05, 3.63) is 12.5 Å². The van der Waals surface area contributed by atoms with Gasteiger partial charge in [0.25, 0.3) is 10.0 Å². The number of nitrogens with zero attached hydrogens (tertiary/aromatic N) is 3. The first-order valence-corrected chi connectivity index (χ1v) is 8.84. The molecule has 0 bridgehead atoms. The minimum absolute atomic E-state index is 0.0107. The Balaban J connectivity index is 1.93. The van der Waals surface area contributed by atoms with Crippen molar-refractivity contribution in [1.82, 2.24) is 19.2 Å². The second-order valence-electron chi connectivity index (χ2n) is 5.42. The number of rotatable bonds is 8. The van der Waals surface area contributed by atoms with Crippen molar-refractivity contribution in [2.75, 3.05) is 13.1 Å². The van der Waals surface area contributed by atoms with Crippen molar-refractivity contribution in [3.63, 3.8) is 0 Å². The fourth-order valence-electron chi connectivity index (χ4n) is 2.70. The predicted molar refractivity (Wildman–Crippen MR) is 79.9 cm³/mol. The third-order valence-corrected chi connectivity index (χ3v) is 5.52. The van der Waals surface area contributed by atoms with E-state index in [4.69, 9.17) is 5.11 Å². The summed E-state index contributed by atoms with van der Waals surface area (Å²) in [5.41, 5.74) is 0. The molecule has 9 heteroatoms. The molecular formula is C13H22N4O4S. The van der Waals surface area contributed by atoms with Gasteiger partial charge in [-0.3, -0.25) is 9.69 Å². The molecule has 2 N–H and O–H groups in total. The van der Waals surface area contributed by atoms with Crippen LogP contribution in [0.3, 0.4) is 0 Å². The minimum atomic E-state index is -3.58. The summed E-state index contributed by atoms with van der Waals surface area (Å²) in [4.78, 5) is 16.5. The lowest BCUT2D eigenvalue weighted by Gasteiger charge is -2.42. The van der Waals surface area contributed by atoms with Gasteiger partial charge in [-0.05, 0) is 26.3 Å². The van der Waals surface area contributed by atoms with Gasteiger partial charge in [0.15, 0.2) is 5.03 Å². The molecule has 124 valence electrons. The number of aliphatic carboxylic acids is 1. The van der Waals surface area contributed by atoms with E-state index >= 15 is 0 Å². The van der Waals surface area contributed by atoms with Crippen LogP contribution in [-0.4, -0.2) is 59.1 Å². The molecule has 1 saturated carbocycles. The maximum atomic E-state index is 12.3. The van der Waals surface area contributed by atoms with Crippen molar-refractivity contribution < 1.29 is 18.3 Å². The smallest absolute Gasteiger partial charge is 0.317 e. The molecule has 0 aliphatic heterocycles. The van der Waals surface area contributed by atoms with Crippen LogP contribution < -0.4 is 4.72 Å². The van der Waals surface area contributed by atoms with Crippen LogP contribution in [0.2, 0.25) is 0 Å². The van der Waals surface area contributed by atoms with E-state index < -0.39 is 16.0 Å². The lowest BCUT2D eigenvalue weighted by Crippen LogP contribution is -2.54. The second-order valence-corrected chi connectivity index (χ2v) is 7.08. The summed E-state index contributed by atoms with van der Waals surface area (Å²) in [6.45, 7) is 4.92. The summed E-state index contributed by atoms with van der Waals surface area (Å²) < 4.78 is 28.9. The SMILES string of the molecule is CCN(CC(=O)O)C1CC(NS(=O)(=O)c2cncn2CC)C1. The molecule has 1 aromatic heterocycles. The number of hydrogen-bond acceptors (Lipinski definition) is 5. The molecule has 1 aromatic rings. The Morgan fingerprint density at radius 2 is 2.18 bits per heavy atom. The molecular weight excluding hydrogens is 308 g/mol. The first-order chi connectivity index (χ1) is 10.4. The molecule has 0 amide bonds. The number of nitrogens with one attached hydrogen (secondary N) is 1. The van der Waals surface area contributed by atoms with E-state index in [0.29, 0.717) is 25.9 Å². The Morgan fingerprint density at radius 3 is 2.73 bits per heavy atom. The zero-order chi connectivity index (χ0) is 16.3. The van der Waals surface area contributed by atoms with Gasteiger partial charge >= 0.3 is 5.97 Å². The van der Waals surface area contributed by atoms with Gasteiger partial charge in [0.2, 0.25) is 0 Å². The van der Waals surface area contributed by atoms with Crippen molar-refractivity contribution in [3.8, 4) is 0 Å². The van der Waals surface area contributed by atoms with Crippen molar-refractivity contribution >= 4 is 16.0 Å². The molecule has 0 unspecified atom stereocenters. The minimum Gasteiger partial charge on any atom is -0.480 e. The van der Waals surface area contributed by atoms with Gasteiger partial charge in [-0.1, -0.05) is 6.92 Å². The van der Waals surface area contributed by atoms with Crippen LogP contribution in [0.5, 0.6) is 0 Å². The average molecular weight is 330 g/mol. The summed E-state index contributed by atoms with van der Waals surface area (Å²) in [6.07, 6.45) is 4.08. The molecule has 0 spiro atoms. The number of imidazole rings is 1. The molecule has 22 heavy (non-hydrogen) atoms. The summed E-state index contributed by atoms with van der Waals surface area (Å²) in [6, 6.07) is -0.0389. The molecule has 0 saturated heterocycles. The van der Waals surface area contributed by atoms with Gasteiger partial charge < -0.3 is 9.67 Å². The quantitative estimate of drug-likeness (QED) is 0.701. The van der Waals surface area contributed by atoms with Crippen LogP contribution in [0.25, 0.3) is 0 Å². The Labute approximate surface area is 130 Å². The average Bonchev–Trinajstić information content (AvgIpc) is 2.89. The second kappa shape index (κ2) is 6.76. The van der Waals surface area contributed by atoms with E-state index in [1.54, 1.807) is 4.57 Å². The van der Waals surface area contributed by atoms with Crippen LogP contribution in [-0.2, 0) is 21.4 Å². The van der Waals surface area contributed by atoms with Gasteiger partial charge in [0.1, 0.15) is 0 Å². The third-order valence-electron chi connectivity index (χ3n) is 3.99. The summed E-state index contributed by atoms with van der Waals surface area (Å²) in [5.74, 6) is -0.863. The largest absolute Gasteiger partial charge is 0.480 e. The molecule has 1 fully saturated rings. The van der Waals surface area contributed by atoms with Crippen molar-refractivity contribution in [2.45, 2.75) is 50.3 Å². The van der Waals surface area contributed by atoms with Gasteiger partial charge in [0, 0.05) is 18.6 Å².